The fourth-order valence-electron chi connectivity index (χ4n) is 0.598. The predicted octanol–water partition coefficient (Wildman–Crippen LogP) is 0.340. The van der Waals surface area contributed by atoms with Crippen molar-refractivity contribution in [2.45, 2.75) is 6.54 Å². The molecule has 0 bridgehead atoms. The van der Waals surface area contributed by atoms with Crippen molar-refractivity contribution in [1.82, 2.24) is 15.5 Å². The molecule has 0 saturated heterocycles. The maximum absolute atomic E-state index is 10.3. The number of H-pyrrole nitrogens is 1. The minimum absolute atomic E-state index is 0.357. The number of aromatic nitrogens is 2. The summed E-state index contributed by atoms with van der Waals surface area (Å²) in [5.41, 5.74) is 5.65. The van der Waals surface area contributed by atoms with Crippen LogP contribution in [0.25, 0.3) is 0 Å². The summed E-state index contributed by atoms with van der Waals surface area (Å²) >= 11 is 3.23. The van der Waals surface area contributed by atoms with Gasteiger partial charge in [-0.15, -0.1) is 0 Å². The molecule has 1 aromatic rings. The van der Waals surface area contributed by atoms with Crippen molar-refractivity contribution in [1.29, 1.82) is 0 Å². The van der Waals surface area contributed by atoms with E-state index < -0.39 is 6.03 Å². The third-order valence-electron chi connectivity index (χ3n) is 1.11. The van der Waals surface area contributed by atoms with Crippen LogP contribution in [-0.4, -0.2) is 16.2 Å². The summed E-state index contributed by atoms with van der Waals surface area (Å²) in [6.45, 7) is 0.357. The van der Waals surface area contributed by atoms with E-state index in [-0.39, 0.29) is 0 Å². The highest BCUT2D eigenvalue weighted by molar-refractivity contribution is 9.10. The minimum atomic E-state index is -0.550. The molecule has 0 spiro atoms. The molecule has 0 saturated carbocycles. The third-order valence-corrected chi connectivity index (χ3v) is 1.79. The van der Waals surface area contributed by atoms with Crippen LogP contribution >= 0.6 is 15.9 Å². The van der Waals surface area contributed by atoms with Crippen LogP contribution in [0.15, 0.2) is 10.7 Å². The van der Waals surface area contributed by atoms with Crippen LogP contribution in [0.1, 0.15) is 5.69 Å². The Morgan fingerprint density at radius 2 is 2.64 bits per heavy atom. The molecule has 6 heteroatoms. The van der Waals surface area contributed by atoms with Gasteiger partial charge in [-0.3, -0.25) is 5.10 Å². The van der Waals surface area contributed by atoms with Gasteiger partial charge in [0.2, 0.25) is 0 Å². The molecule has 0 aliphatic rings. The van der Waals surface area contributed by atoms with Crippen molar-refractivity contribution >= 4 is 22.0 Å². The lowest BCUT2D eigenvalue weighted by atomic mass is 10.4. The number of halogens is 1. The number of primary amides is 1. The van der Waals surface area contributed by atoms with Crippen LogP contribution in [0.3, 0.4) is 0 Å². The highest BCUT2D eigenvalue weighted by Crippen LogP contribution is 2.11. The Bertz CT molecular complexity index is 259. The largest absolute Gasteiger partial charge is 0.352 e. The molecule has 2 amide bonds. The number of hydrogen-bond donors (Lipinski definition) is 3. The van der Waals surface area contributed by atoms with E-state index in [9.17, 15) is 4.79 Å². The highest BCUT2D eigenvalue weighted by Gasteiger charge is 2.01. The second-order valence-corrected chi connectivity index (χ2v) is 2.77. The van der Waals surface area contributed by atoms with Gasteiger partial charge in [-0.2, -0.15) is 5.10 Å². The van der Waals surface area contributed by atoms with Crippen LogP contribution in [-0.2, 0) is 6.54 Å². The average Bonchev–Trinajstić information content (AvgIpc) is 2.31. The first-order chi connectivity index (χ1) is 5.20. The van der Waals surface area contributed by atoms with Crippen LogP contribution in [0, 0.1) is 0 Å². The molecule has 0 unspecified atom stereocenters. The molecule has 1 aromatic heterocycles. The summed E-state index contributed by atoms with van der Waals surface area (Å²) in [6.07, 6.45) is 1.61. The van der Waals surface area contributed by atoms with Gasteiger partial charge >= 0.3 is 6.03 Å². The second kappa shape index (κ2) is 3.38. The van der Waals surface area contributed by atoms with Gasteiger partial charge in [-0.05, 0) is 15.9 Å². The zero-order valence-electron chi connectivity index (χ0n) is 5.60. The van der Waals surface area contributed by atoms with E-state index in [4.69, 9.17) is 5.73 Å². The van der Waals surface area contributed by atoms with E-state index in [0.717, 1.165) is 10.2 Å². The Morgan fingerprint density at radius 1 is 1.91 bits per heavy atom. The van der Waals surface area contributed by atoms with E-state index in [1.165, 1.54) is 0 Å². The van der Waals surface area contributed by atoms with E-state index in [0.29, 0.717) is 6.54 Å². The third kappa shape index (κ3) is 2.23. The fourth-order valence-corrected chi connectivity index (χ4v) is 0.929. The SMILES string of the molecule is NC(=O)NCc1[nH]ncc1Br. The predicted molar refractivity (Wildman–Crippen MR) is 42.7 cm³/mol. The van der Waals surface area contributed by atoms with Crippen molar-refractivity contribution in [2.75, 3.05) is 0 Å². The van der Waals surface area contributed by atoms with Crippen molar-refractivity contribution in [3.63, 3.8) is 0 Å². The molecule has 0 radical (unpaired) electrons. The Hall–Kier alpha value is -1.04. The maximum atomic E-state index is 10.3. The number of nitrogens with zero attached hydrogens (tertiary/aromatic N) is 1. The first-order valence-electron chi connectivity index (χ1n) is 2.91. The lowest BCUT2D eigenvalue weighted by Gasteiger charge is -1.97. The molecule has 0 atom stereocenters. The Balaban J connectivity index is 2.51. The van der Waals surface area contributed by atoms with E-state index in [1.54, 1.807) is 6.20 Å². The molecule has 1 rings (SSSR count). The Kier molecular flexibility index (Phi) is 2.48. The quantitative estimate of drug-likeness (QED) is 0.670. The summed E-state index contributed by atoms with van der Waals surface area (Å²) < 4.78 is 0.825. The molecule has 4 N–H and O–H groups in total. The van der Waals surface area contributed by atoms with Gasteiger partial charge in [-0.25, -0.2) is 4.79 Å². The maximum Gasteiger partial charge on any atom is 0.312 e. The summed E-state index contributed by atoms with van der Waals surface area (Å²) in [6, 6.07) is -0.550. The zero-order chi connectivity index (χ0) is 8.27. The van der Waals surface area contributed by atoms with Gasteiger partial charge in [0, 0.05) is 0 Å². The normalized spacial score (nSPS) is 9.55. The topological polar surface area (TPSA) is 83.8 Å². The molecule has 5 nitrogen and oxygen atoms in total. The number of urea groups is 1. The first kappa shape index (κ1) is 8.06. The number of amides is 2. The van der Waals surface area contributed by atoms with Gasteiger partial charge in [0.25, 0.3) is 0 Å². The Labute approximate surface area is 71.5 Å². The first-order valence-corrected chi connectivity index (χ1v) is 3.70. The van der Waals surface area contributed by atoms with Gasteiger partial charge in [0.05, 0.1) is 22.9 Å². The molecule has 1 heterocycles. The number of hydrogen-bond acceptors (Lipinski definition) is 2. The number of rotatable bonds is 2. The summed E-state index contributed by atoms with van der Waals surface area (Å²) in [5, 5.41) is 8.86. The smallest absolute Gasteiger partial charge is 0.312 e. The number of nitrogens with one attached hydrogen (secondary N) is 2. The molecule has 60 valence electrons. The summed E-state index contributed by atoms with van der Waals surface area (Å²) in [7, 11) is 0. The molecule has 0 fully saturated rings. The van der Waals surface area contributed by atoms with Crippen LogP contribution < -0.4 is 11.1 Å². The highest BCUT2D eigenvalue weighted by atomic mass is 79.9. The summed E-state index contributed by atoms with van der Waals surface area (Å²) in [5.74, 6) is 0. The lowest BCUT2D eigenvalue weighted by molar-refractivity contribution is 0.248. The van der Waals surface area contributed by atoms with Crippen LogP contribution in [0.2, 0.25) is 0 Å². The molecule has 11 heavy (non-hydrogen) atoms. The van der Waals surface area contributed by atoms with E-state index in [2.05, 4.69) is 31.4 Å². The molecular weight excluding hydrogens is 212 g/mol. The summed E-state index contributed by atoms with van der Waals surface area (Å²) in [4.78, 5) is 10.3. The van der Waals surface area contributed by atoms with Crippen molar-refractivity contribution in [3.8, 4) is 0 Å². The van der Waals surface area contributed by atoms with Crippen molar-refractivity contribution in [2.24, 2.45) is 5.73 Å². The van der Waals surface area contributed by atoms with Gasteiger partial charge in [-0.1, -0.05) is 0 Å². The lowest BCUT2D eigenvalue weighted by Crippen LogP contribution is -2.28. The molecular formula is C5H7BrN4O. The fraction of sp³-hybridized carbons (Fsp3) is 0.200. The monoisotopic (exact) mass is 218 g/mol. The van der Waals surface area contributed by atoms with Crippen molar-refractivity contribution < 1.29 is 4.79 Å². The number of nitrogens with two attached hydrogens (primary N) is 1. The van der Waals surface area contributed by atoms with Crippen molar-refractivity contribution in [3.05, 3.63) is 16.4 Å². The van der Waals surface area contributed by atoms with Gasteiger partial charge < -0.3 is 11.1 Å². The second-order valence-electron chi connectivity index (χ2n) is 1.91. The van der Waals surface area contributed by atoms with Gasteiger partial charge in [0.1, 0.15) is 0 Å². The average molecular weight is 219 g/mol. The standard InChI is InChI=1S/C5H7BrN4O/c6-3-1-9-10-4(3)2-8-5(7)11/h1H,2H2,(H,9,10)(H3,7,8,11). The molecule has 0 aliphatic heterocycles. The number of aromatic amines is 1. The van der Waals surface area contributed by atoms with Gasteiger partial charge in [0.15, 0.2) is 0 Å². The number of carbonyl (C=O) groups excluding carboxylic acids is 1. The van der Waals surface area contributed by atoms with E-state index >= 15 is 0 Å². The van der Waals surface area contributed by atoms with E-state index in [1.807, 2.05) is 0 Å². The Morgan fingerprint density at radius 3 is 3.09 bits per heavy atom. The van der Waals surface area contributed by atoms with Crippen LogP contribution in [0.5, 0.6) is 0 Å². The molecule has 0 aliphatic carbocycles. The molecule has 0 aromatic carbocycles. The zero-order valence-corrected chi connectivity index (χ0v) is 7.18. The number of carbonyl (C=O) groups is 1. The van der Waals surface area contributed by atoms with Crippen LogP contribution in [0.4, 0.5) is 4.79 Å². The minimum Gasteiger partial charge on any atom is -0.352 e.